The van der Waals surface area contributed by atoms with E-state index in [1.54, 1.807) is 12.1 Å². The van der Waals surface area contributed by atoms with Crippen molar-refractivity contribution >= 4 is 23.5 Å². The smallest absolute Gasteiger partial charge is 0.306 e. The van der Waals surface area contributed by atoms with Crippen LogP contribution in [-0.2, 0) is 14.3 Å². The molecule has 0 aromatic heterocycles. The monoisotopic (exact) mass is 278 g/mol. The van der Waals surface area contributed by atoms with Gasteiger partial charge >= 0.3 is 5.97 Å². The zero-order chi connectivity index (χ0) is 15.1. The largest absolute Gasteiger partial charge is 0.453 e. The standard InChI is InChI=1S/C14H18N2O4/c1-3-4-12(17)20-9(2)14(19)16-11-7-5-10(6-8-11)13(15)18/h5-9H,3-4H2,1-2H3,(H2,15,18)(H,16,19)/t9-/m1/s1. The zero-order valence-corrected chi connectivity index (χ0v) is 11.5. The first-order chi connectivity index (χ1) is 9.43. The molecule has 3 N–H and O–H groups in total. The fourth-order valence-electron chi connectivity index (χ4n) is 1.48. The lowest BCUT2D eigenvalue weighted by atomic mass is 10.2. The number of hydrogen-bond donors (Lipinski definition) is 2. The first-order valence-electron chi connectivity index (χ1n) is 6.34. The number of carbonyl (C=O) groups excluding carboxylic acids is 3. The van der Waals surface area contributed by atoms with E-state index in [2.05, 4.69) is 5.32 Å². The van der Waals surface area contributed by atoms with Crippen LogP contribution in [0, 0.1) is 0 Å². The molecule has 0 spiro atoms. The van der Waals surface area contributed by atoms with Gasteiger partial charge in [0.2, 0.25) is 5.91 Å². The van der Waals surface area contributed by atoms with Crippen LogP contribution in [0.4, 0.5) is 5.69 Å². The summed E-state index contributed by atoms with van der Waals surface area (Å²) in [4.78, 5) is 34.0. The number of carbonyl (C=O) groups is 3. The summed E-state index contributed by atoms with van der Waals surface area (Å²) in [5.41, 5.74) is 5.96. The molecule has 0 radical (unpaired) electrons. The maximum absolute atomic E-state index is 11.8. The molecule has 0 saturated heterocycles. The van der Waals surface area contributed by atoms with E-state index < -0.39 is 23.9 Å². The second-order valence-electron chi connectivity index (χ2n) is 4.31. The van der Waals surface area contributed by atoms with Gasteiger partial charge in [0.1, 0.15) is 0 Å². The average Bonchev–Trinajstić information content (AvgIpc) is 2.39. The Labute approximate surface area is 117 Å². The van der Waals surface area contributed by atoms with Crippen LogP contribution in [-0.4, -0.2) is 23.9 Å². The van der Waals surface area contributed by atoms with Crippen LogP contribution < -0.4 is 11.1 Å². The van der Waals surface area contributed by atoms with Crippen LogP contribution in [0.1, 0.15) is 37.0 Å². The summed E-state index contributed by atoms with van der Waals surface area (Å²) in [6, 6.07) is 6.12. The van der Waals surface area contributed by atoms with Gasteiger partial charge in [-0.2, -0.15) is 0 Å². The summed E-state index contributed by atoms with van der Waals surface area (Å²) in [5.74, 6) is -1.37. The molecule has 2 amide bonds. The number of rotatable bonds is 6. The fraction of sp³-hybridized carbons (Fsp3) is 0.357. The van der Waals surface area contributed by atoms with E-state index >= 15 is 0 Å². The van der Waals surface area contributed by atoms with Gasteiger partial charge in [0.05, 0.1) is 0 Å². The summed E-state index contributed by atoms with van der Waals surface area (Å²) >= 11 is 0. The van der Waals surface area contributed by atoms with Crippen LogP contribution in [0.15, 0.2) is 24.3 Å². The van der Waals surface area contributed by atoms with Gasteiger partial charge in [-0.05, 0) is 37.6 Å². The van der Waals surface area contributed by atoms with Crippen LogP contribution >= 0.6 is 0 Å². The van der Waals surface area contributed by atoms with Crippen molar-refractivity contribution in [1.29, 1.82) is 0 Å². The molecule has 0 bridgehead atoms. The van der Waals surface area contributed by atoms with Gasteiger partial charge in [-0.1, -0.05) is 6.92 Å². The van der Waals surface area contributed by atoms with Crippen molar-refractivity contribution in [2.24, 2.45) is 5.73 Å². The normalized spacial score (nSPS) is 11.5. The van der Waals surface area contributed by atoms with Crippen molar-refractivity contribution in [3.63, 3.8) is 0 Å². The highest BCUT2D eigenvalue weighted by molar-refractivity contribution is 5.96. The highest BCUT2D eigenvalue weighted by Gasteiger charge is 2.17. The second kappa shape index (κ2) is 7.28. The molecule has 0 heterocycles. The number of benzene rings is 1. The average molecular weight is 278 g/mol. The minimum atomic E-state index is -0.870. The Kier molecular flexibility index (Phi) is 5.71. The van der Waals surface area contributed by atoms with Gasteiger partial charge in [0.15, 0.2) is 6.10 Å². The Morgan fingerprint density at radius 1 is 1.25 bits per heavy atom. The highest BCUT2D eigenvalue weighted by atomic mass is 16.5. The van der Waals surface area contributed by atoms with E-state index in [9.17, 15) is 14.4 Å². The van der Waals surface area contributed by atoms with Crippen molar-refractivity contribution in [3.8, 4) is 0 Å². The van der Waals surface area contributed by atoms with Crippen LogP contribution in [0.2, 0.25) is 0 Å². The lowest BCUT2D eigenvalue weighted by Crippen LogP contribution is -2.29. The number of ether oxygens (including phenoxy) is 1. The molecule has 0 fully saturated rings. The van der Waals surface area contributed by atoms with Crippen molar-refractivity contribution in [2.45, 2.75) is 32.8 Å². The van der Waals surface area contributed by atoms with Gasteiger partial charge in [-0.3, -0.25) is 14.4 Å². The second-order valence-corrected chi connectivity index (χ2v) is 4.31. The van der Waals surface area contributed by atoms with E-state index in [0.29, 0.717) is 17.7 Å². The third-order valence-corrected chi connectivity index (χ3v) is 2.57. The minimum absolute atomic E-state index is 0.283. The molecule has 1 atom stereocenters. The lowest BCUT2D eigenvalue weighted by Gasteiger charge is -2.13. The maximum Gasteiger partial charge on any atom is 0.306 e. The number of esters is 1. The zero-order valence-electron chi connectivity index (χ0n) is 11.5. The molecule has 6 heteroatoms. The predicted molar refractivity (Wildman–Crippen MR) is 74.1 cm³/mol. The maximum atomic E-state index is 11.8. The molecule has 108 valence electrons. The summed E-state index contributed by atoms with van der Waals surface area (Å²) < 4.78 is 4.96. The molecular weight excluding hydrogens is 260 g/mol. The Morgan fingerprint density at radius 3 is 2.35 bits per heavy atom. The summed E-state index contributed by atoms with van der Waals surface area (Å²) in [6.45, 7) is 3.35. The molecule has 1 rings (SSSR count). The number of primary amides is 1. The molecule has 6 nitrogen and oxygen atoms in total. The van der Waals surface area contributed by atoms with Crippen LogP contribution in [0.25, 0.3) is 0 Å². The molecule has 20 heavy (non-hydrogen) atoms. The van der Waals surface area contributed by atoms with E-state index in [1.807, 2.05) is 6.92 Å². The molecule has 1 aromatic rings. The predicted octanol–water partition coefficient (Wildman–Crippen LogP) is 1.46. The Hall–Kier alpha value is -2.37. The van der Waals surface area contributed by atoms with Crippen molar-refractivity contribution in [3.05, 3.63) is 29.8 Å². The van der Waals surface area contributed by atoms with Gasteiger partial charge < -0.3 is 15.8 Å². The first-order valence-corrected chi connectivity index (χ1v) is 6.34. The third kappa shape index (κ3) is 4.72. The summed E-state index contributed by atoms with van der Waals surface area (Å²) in [5, 5.41) is 2.59. The van der Waals surface area contributed by atoms with Gasteiger partial charge in [0, 0.05) is 17.7 Å². The highest BCUT2D eigenvalue weighted by Crippen LogP contribution is 2.10. The fourth-order valence-corrected chi connectivity index (χ4v) is 1.48. The molecular formula is C14H18N2O4. The van der Waals surface area contributed by atoms with Gasteiger partial charge in [-0.25, -0.2) is 0 Å². The van der Waals surface area contributed by atoms with E-state index in [1.165, 1.54) is 19.1 Å². The SMILES string of the molecule is CCCC(=O)O[C@H](C)C(=O)Nc1ccc(C(N)=O)cc1. The van der Waals surface area contributed by atoms with Crippen molar-refractivity contribution < 1.29 is 19.1 Å². The Morgan fingerprint density at radius 2 is 1.85 bits per heavy atom. The van der Waals surface area contributed by atoms with Crippen LogP contribution in [0.3, 0.4) is 0 Å². The Bertz CT molecular complexity index is 496. The quantitative estimate of drug-likeness (QED) is 0.769. The van der Waals surface area contributed by atoms with Crippen LogP contribution in [0.5, 0.6) is 0 Å². The number of nitrogens with one attached hydrogen (secondary N) is 1. The van der Waals surface area contributed by atoms with E-state index in [4.69, 9.17) is 10.5 Å². The number of amides is 2. The minimum Gasteiger partial charge on any atom is -0.453 e. The number of anilines is 1. The van der Waals surface area contributed by atoms with Crippen molar-refractivity contribution in [2.75, 3.05) is 5.32 Å². The van der Waals surface area contributed by atoms with Gasteiger partial charge in [0.25, 0.3) is 5.91 Å². The summed E-state index contributed by atoms with van der Waals surface area (Å²) in [7, 11) is 0. The van der Waals surface area contributed by atoms with Crippen molar-refractivity contribution in [1.82, 2.24) is 0 Å². The molecule has 0 aliphatic carbocycles. The number of hydrogen-bond acceptors (Lipinski definition) is 4. The lowest BCUT2D eigenvalue weighted by molar-refractivity contribution is -0.153. The Balaban J connectivity index is 2.57. The number of nitrogens with two attached hydrogens (primary N) is 1. The summed E-state index contributed by atoms with van der Waals surface area (Å²) in [6.07, 6.45) is 0.0806. The van der Waals surface area contributed by atoms with E-state index in [-0.39, 0.29) is 6.42 Å². The third-order valence-electron chi connectivity index (χ3n) is 2.57. The molecule has 0 aliphatic heterocycles. The van der Waals surface area contributed by atoms with E-state index in [0.717, 1.165) is 0 Å². The molecule has 0 unspecified atom stereocenters. The molecule has 0 aliphatic rings. The molecule has 1 aromatic carbocycles. The van der Waals surface area contributed by atoms with Gasteiger partial charge in [-0.15, -0.1) is 0 Å². The topological polar surface area (TPSA) is 98.5 Å². The first kappa shape index (κ1) is 15.7. The molecule has 0 saturated carbocycles.